The topological polar surface area (TPSA) is 34.1 Å². The fourth-order valence-electron chi connectivity index (χ4n) is 3.28. The highest BCUT2D eigenvalue weighted by molar-refractivity contribution is 6.12. The molecule has 1 aliphatic rings. The number of rotatable bonds is 7. The van der Waals surface area contributed by atoms with Gasteiger partial charge in [-0.05, 0) is 18.4 Å². The minimum absolute atomic E-state index is 0.0259. The van der Waals surface area contributed by atoms with E-state index < -0.39 is 5.41 Å². The summed E-state index contributed by atoms with van der Waals surface area (Å²) in [6, 6.07) is 9.86. The molecule has 0 N–H and O–H groups in total. The summed E-state index contributed by atoms with van der Waals surface area (Å²) in [5.74, 6) is -0.153. The first kappa shape index (κ1) is 16.2. The maximum absolute atomic E-state index is 12.9. The second kappa shape index (κ2) is 7.17. The molecule has 0 saturated heterocycles. The fourth-order valence-corrected chi connectivity index (χ4v) is 3.28. The molecule has 114 valence electrons. The molecule has 1 aromatic carbocycles. The summed E-state index contributed by atoms with van der Waals surface area (Å²) < 4.78 is 0. The zero-order valence-corrected chi connectivity index (χ0v) is 12.9. The Kier molecular flexibility index (Phi) is 5.26. The van der Waals surface area contributed by atoms with Gasteiger partial charge in [-0.25, -0.2) is 0 Å². The number of carbonyl (C=O) groups excluding carboxylic acids is 2. The lowest BCUT2D eigenvalue weighted by Gasteiger charge is -2.28. The molecule has 2 rings (SSSR count). The van der Waals surface area contributed by atoms with Crippen LogP contribution < -0.4 is 0 Å². The van der Waals surface area contributed by atoms with E-state index in [4.69, 9.17) is 0 Å². The molecule has 1 fully saturated rings. The second-order valence-electron chi connectivity index (χ2n) is 5.74. The molecule has 1 saturated carbocycles. The maximum Gasteiger partial charge on any atom is 0.170 e. The minimum Gasteiger partial charge on any atom is -0.298 e. The SMILES string of the molecule is C=C/C=C(\C=C)C(=O)CC(=O)C1(c2ccccc2)CCCC1. The Labute approximate surface area is 132 Å². The van der Waals surface area contributed by atoms with Crippen LogP contribution in [0.5, 0.6) is 0 Å². The molecule has 22 heavy (non-hydrogen) atoms. The van der Waals surface area contributed by atoms with Crippen LogP contribution in [0.2, 0.25) is 0 Å². The average molecular weight is 294 g/mol. The highest BCUT2D eigenvalue weighted by Gasteiger charge is 2.42. The van der Waals surface area contributed by atoms with Gasteiger partial charge in [0.25, 0.3) is 0 Å². The van der Waals surface area contributed by atoms with Crippen molar-refractivity contribution >= 4 is 11.6 Å². The van der Waals surface area contributed by atoms with Crippen LogP contribution in [0.4, 0.5) is 0 Å². The number of benzene rings is 1. The number of carbonyl (C=O) groups is 2. The van der Waals surface area contributed by atoms with Gasteiger partial charge in [0, 0.05) is 5.57 Å². The third kappa shape index (κ3) is 3.16. The van der Waals surface area contributed by atoms with Crippen LogP contribution in [0.15, 0.2) is 67.3 Å². The van der Waals surface area contributed by atoms with Gasteiger partial charge in [-0.3, -0.25) is 9.59 Å². The molecular weight excluding hydrogens is 272 g/mol. The van der Waals surface area contributed by atoms with E-state index >= 15 is 0 Å². The Hall–Kier alpha value is -2.22. The molecule has 0 heterocycles. The average Bonchev–Trinajstić information content (AvgIpc) is 3.04. The van der Waals surface area contributed by atoms with Crippen molar-refractivity contribution in [1.82, 2.24) is 0 Å². The molecular formula is C20H22O2. The molecule has 0 amide bonds. The number of hydrogen-bond donors (Lipinski definition) is 0. The predicted octanol–water partition coefficient (Wildman–Crippen LogP) is 4.33. The van der Waals surface area contributed by atoms with Gasteiger partial charge in [0.1, 0.15) is 0 Å². The number of allylic oxidation sites excluding steroid dienone is 4. The van der Waals surface area contributed by atoms with Crippen molar-refractivity contribution in [2.24, 2.45) is 0 Å². The molecule has 1 aliphatic carbocycles. The van der Waals surface area contributed by atoms with Crippen LogP contribution in [-0.4, -0.2) is 11.6 Å². The molecule has 0 aromatic heterocycles. The van der Waals surface area contributed by atoms with Gasteiger partial charge >= 0.3 is 0 Å². The third-order valence-corrected chi connectivity index (χ3v) is 4.48. The van der Waals surface area contributed by atoms with E-state index in [1.54, 1.807) is 12.2 Å². The first-order valence-electron chi connectivity index (χ1n) is 7.71. The minimum atomic E-state index is -0.489. The molecule has 0 radical (unpaired) electrons. The summed E-state index contributed by atoms with van der Waals surface area (Å²) in [6.07, 6.45) is 8.29. The Morgan fingerprint density at radius 2 is 1.73 bits per heavy atom. The monoisotopic (exact) mass is 294 g/mol. The molecule has 0 atom stereocenters. The van der Waals surface area contributed by atoms with Crippen LogP contribution in [0, 0.1) is 0 Å². The molecule has 0 bridgehead atoms. The summed E-state index contributed by atoms with van der Waals surface area (Å²) in [5, 5.41) is 0. The Morgan fingerprint density at radius 1 is 1.09 bits per heavy atom. The highest BCUT2D eigenvalue weighted by Crippen LogP contribution is 2.42. The van der Waals surface area contributed by atoms with Gasteiger partial charge in [-0.2, -0.15) is 0 Å². The number of Topliss-reactive ketones (excluding diaryl/α,β-unsaturated/α-hetero) is 2. The smallest absolute Gasteiger partial charge is 0.170 e. The van der Waals surface area contributed by atoms with Crippen molar-refractivity contribution in [2.75, 3.05) is 0 Å². The van der Waals surface area contributed by atoms with Crippen LogP contribution >= 0.6 is 0 Å². The molecule has 0 aliphatic heterocycles. The highest BCUT2D eigenvalue weighted by atomic mass is 16.1. The van der Waals surface area contributed by atoms with Crippen molar-refractivity contribution in [2.45, 2.75) is 37.5 Å². The third-order valence-electron chi connectivity index (χ3n) is 4.48. The van der Waals surface area contributed by atoms with Crippen LogP contribution in [0.3, 0.4) is 0 Å². The van der Waals surface area contributed by atoms with E-state index in [2.05, 4.69) is 13.2 Å². The number of hydrogen-bond acceptors (Lipinski definition) is 2. The Morgan fingerprint density at radius 3 is 2.27 bits per heavy atom. The van der Waals surface area contributed by atoms with Crippen LogP contribution in [0.25, 0.3) is 0 Å². The lowest BCUT2D eigenvalue weighted by Crippen LogP contribution is -2.34. The van der Waals surface area contributed by atoms with E-state index in [0.29, 0.717) is 5.57 Å². The van der Waals surface area contributed by atoms with E-state index in [0.717, 1.165) is 31.2 Å². The van der Waals surface area contributed by atoms with E-state index in [1.165, 1.54) is 6.08 Å². The summed E-state index contributed by atoms with van der Waals surface area (Å²) in [7, 11) is 0. The first-order chi connectivity index (χ1) is 10.6. The van der Waals surface area contributed by atoms with Crippen molar-refractivity contribution in [1.29, 1.82) is 0 Å². The van der Waals surface area contributed by atoms with E-state index in [9.17, 15) is 9.59 Å². The van der Waals surface area contributed by atoms with Gasteiger partial charge in [0.15, 0.2) is 11.6 Å². The molecule has 2 nitrogen and oxygen atoms in total. The summed E-state index contributed by atoms with van der Waals surface area (Å²) >= 11 is 0. The quantitative estimate of drug-likeness (QED) is 0.426. The lowest BCUT2D eigenvalue weighted by atomic mass is 9.73. The van der Waals surface area contributed by atoms with Crippen molar-refractivity contribution in [3.05, 3.63) is 72.9 Å². The standard InChI is InChI=1S/C20H22O2/c1-3-10-16(4-2)18(21)15-19(22)20(13-8-9-14-20)17-11-6-5-7-12-17/h3-7,10-12H,1-2,8-9,13-15H2/b16-10+. The summed E-state index contributed by atoms with van der Waals surface area (Å²) in [6.45, 7) is 7.22. The normalized spacial score (nSPS) is 17.0. The van der Waals surface area contributed by atoms with Gasteiger partial charge in [0.2, 0.25) is 0 Å². The van der Waals surface area contributed by atoms with E-state index in [-0.39, 0.29) is 18.0 Å². The summed E-state index contributed by atoms with van der Waals surface area (Å²) in [5.41, 5.74) is 1.000. The van der Waals surface area contributed by atoms with Crippen molar-refractivity contribution < 1.29 is 9.59 Å². The second-order valence-corrected chi connectivity index (χ2v) is 5.74. The van der Waals surface area contributed by atoms with Gasteiger partial charge in [0.05, 0.1) is 11.8 Å². The fraction of sp³-hybridized carbons (Fsp3) is 0.300. The Balaban J connectivity index is 2.25. The zero-order valence-electron chi connectivity index (χ0n) is 12.9. The lowest BCUT2D eigenvalue weighted by molar-refractivity contribution is -0.128. The molecule has 1 aromatic rings. The molecule has 0 unspecified atom stereocenters. The van der Waals surface area contributed by atoms with Gasteiger partial charge in [-0.15, -0.1) is 0 Å². The number of ketones is 2. The Bertz CT molecular complexity index is 602. The summed E-state index contributed by atoms with van der Waals surface area (Å²) in [4.78, 5) is 25.2. The van der Waals surface area contributed by atoms with Crippen molar-refractivity contribution in [3.63, 3.8) is 0 Å². The molecule has 2 heteroatoms. The maximum atomic E-state index is 12.9. The first-order valence-corrected chi connectivity index (χ1v) is 7.71. The van der Waals surface area contributed by atoms with Crippen LogP contribution in [0.1, 0.15) is 37.7 Å². The van der Waals surface area contributed by atoms with Gasteiger partial charge < -0.3 is 0 Å². The van der Waals surface area contributed by atoms with E-state index in [1.807, 2.05) is 30.3 Å². The predicted molar refractivity (Wildman–Crippen MR) is 89.7 cm³/mol. The van der Waals surface area contributed by atoms with Crippen LogP contribution in [-0.2, 0) is 15.0 Å². The van der Waals surface area contributed by atoms with Gasteiger partial charge in [-0.1, -0.05) is 74.6 Å². The van der Waals surface area contributed by atoms with Crippen molar-refractivity contribution in [3.8, 4) is 0 Å². The molecule has 0 spiro atoms. The zero-order chi connectivity index (χ0) is 16.0. The largest absolute Gasteiger partial charge is 0.298 e.